The maximum absolute atomic E-state index is 9.00. The molecule has 11 heteroatoms. The van der Waals surface area contributed by atoms with Crippen molar-refractivity contribution in [2.45, 2.75) is 105 Å². The molecule has 0 aromatic heterocycles. The van der Waals surface area contributed by atoms with E-state index in [4.69, 9.17) is 45.3 Å². The lowest BCUT2D eigenvalue weighted by atomic mass is 10.1. The van der Waals surface area contributed by atoms with E-state index in [-0.39, 0.29) is 0 Å². The SMILES string of the molecule is CC(=O)O.CC(=O)O.CC(=O)O.CC(=O)O.CCCCCCCCCCCCN(CCNCCN)Cc1ccccc1. The molecule has 0 bridgehead atoms. The molecule has 1 rings (SSSR count). The Morgan fingerprint density at radius 3 is 1.40 bits per heavy atom. The van der Waals surface area contributed by atoms with Crippen LogP contribution in [0.5, 0.6) is 0 Å². The molecule has 0 aliphatic carbocycles. The first-order chi connectivity index (χ1) is 19.8. The second kappa shape index (κ2) is 38.0. The molecule has 0 aliphatic heterocycles. The van der Waals surface area contributed by atoms with Crippen molar-refractivity contribution >= 4 is 23.9 Å². The van der Waals surface area contributed by atoms with E-state index in [0.717, 1.165) is 60.4 Å². The van der Waals surface area contributed by atoms with E-state index in [0.29, 0.717) is 0 Å². The zero-order chi connectivity index (χ0) is 33.0. The predicted molar refractivity (Wildman–Crippen MR) is 169 cm³/mol. The summed E-state index contributed by atoms with van der Waals surface area (Å²) >= 11 is 0. The van der Waals surface area contributed by atoms with Crippen molar-refractivity contribution in [3.8, 4) is 0 Å². The quantitative estimate of drug-likeness (QED) is 0.119. The third-order valence-electron chi connectivity index (χ3n) is 5.00. The van der Waals surface area contributed by atoms with E-state index in [2.05, 4.69) is 47.5 Å². The smallest absolute Gasteiger partial charge is 0.300 e. The van der Waals surface area contributed by atoms with Gasteiger partial charge in [-0.1, -0.05) is 95.0 Å². The number of carbonyl (C=O) groups is 4. The summed E-state index contributed by atoms with van der Waals surface area (Å²) in [5.41, 5.74) is 6.98. The van der Waals surface area contributed by atoms with Crippen LogP contribution in [0.3, 0.4) is 0 Å². The van der Waals surface area contributed by atoms with Gasteiger partial charge in [-0.15, -0.1) is 0 Å². The Morgan fingerprint density at radius 2 is 1.02 bits per heavy atom. The van der Waals surface area contributed by atoms with Gasteiger partial charge in [-0.25, -0.2) is 0 Å². The fraction of sp³-hybridized carbons (Fsp3) is 0.677. The van der Waals surface area contributed by atoms with Crippen LogP contribution in [0.15, 0.2) is 30.3 Å². The summed E-state index contributed by atoms with van der Waals surface area (Å²) < 4.78 is 0. The van der Waals surface area contributed by atoms with Gasteiger partial charge in [-0.05, 0) is 18.5 Å². The molecule has 0 heterocycles. The van der Waals surface area contributed by atoms with Crippen molar-refractivity contribution < 1.29 is 39.6 Å². The fourth-order valence-electron chi connectivity index (χ4n) is 3.40. The van der Waals surface area contributed by atoms with E-state index in [1.807, 2.05) is 0 Å². The molecule has 246 valence electrons. The van der Waals surface area contributed by atoms with Crippen molar-refractivity contribution in [3.63, 3.8) is 0 Å². The molecule has 1 aromatic carbocycles. The Labute approximate surface area is 253 Å². The van der Waals surface area contributed by atoms with Crippen LogP contribution in [-0.2, 0) is 25.7 Å². The van der Waals surface area contributed by atoms with Gasteiger partial charge >= 0.3 is 0 Å². The molecule has 0 aliphatic rings. The van der Waals surface area contributed by atoms with Gasteiger partial charge in [0.25, 0.3) is 23.9 Å². The Kier molecular flexibility index (Phi) is 41.6. The van der Waals surface area contributed by atoms with Crippen LogP contribution in [0, 0.1) is 0 Å². The van der Waals surface area contributed by atoms with Crippen LogP contribution >= 0.6 is 0 Å². The summed E-state index contributed by atoms with van der Waals surface area (Å²) in [6, 6.07) is 10.8. The number of carboxylic acids is 4. The van der Waals surface area contributed by atoms with E-state index < -0.39 is 23.9 Å². The van der Waals surface area contributed by atoms with Gasteiger partial charge in [-0.2, -0.15) is 0 Å². The summed E-state index contributed by atoms with van der Waals surface area (Å²) in [4.78, 5) is 38.6. The highest BCUT2D eigenvalue weighted by molar-refractivity contribution is 5.63. The summed E-state index contributed by atoms with van der Waals surface area (Å²) in [6.45, 7) is 12.6. The molecule has 7 N–H and O–H groups in total. The average molecular weight is 602 g/mol. The highest BCUT2D eigenvalue weighted by atomic mass is 16.4. The van der Waals surface area contributed by atoms with Gasteiger partial charge in [0.2, 0.25) is 0 Å². The molecule has 42 heavy (non-hydrogen) atoms. The number of benzene rings is 1. The van der Waals surface area contributed by atoms with Crippen LogP contribution < -0.4 is 11.1 Å². The van der Waals surface area contributed by atoms with Crippen molar-refractivity contribution in [2.24, 2.45) is 5.73 Å². The van der Waals surface area contributed by atoms with Gasteiger partial charge in [-0.3, -0.25) is 24.1 Å². The minimum absolute atomic E-state index is 0.719. The van der Waals surface area contributed by atoms with Crippen molar-refractivity contribution in [2.75, 3.05) is 32.7 Å². The van der Waals surface area contributed by atoms with Gasteiger partial charge in [0, 0.05) is 60.4 Å². The minimum atomic E-state index is -0.833. The number of rotatable bonds is 18. The maximum Gasteiger partial charge on any atom is 0.300 e. The number of aliphatic carboxylic acids is 4. The first kappa shape index (κ1) is 46.0. The Morgan fingerprint density at radius 1 is 0.643 bits per heavy atom. The number of hydrogen-bond donors (Lipinski definition) is 6. The molecule has 0 unspecified atom stereocenters. The highest BCUT2D eigenvalue weighted by Gasteiger charge is 2.05. The molecule has 0 fully saturated rings. The van der Waals surface area contributed by atoms with Crippen LogP contribution in [0.2, 0.25) is 0 Å². The second-order valence-electron chi connectivity index (χ2n) is 9.56. The molecule has 0 saturated carbocycles. The predicted octanol–water partition coefficient (Wildman–Crippen LogP) is 5.32. The third kappa shape index (κ3) is 65.8. The average Bonchev–Trinajstić information content (AvgIpc) is 2.87. The van der Waals surface area contributed by atoms with Crippen LogP contribution in [0.4, 0.5) is 0 Å². The van der Waals surface area contributed by atoms with E-state index in [9.17, 15) is 0 Å². The van der Waals surface area contributed by atoms with Crippen LogP contribution in [0.1, 0.15) is 104 Å². The maximum atomic E-state index is 9.00. The summed E-state index contributed by atoms with van der Waals surface area (Å²) in [6.07, 6.45) is 14.0. The van der Waals surface area contributed by atoms with Crippen molar-refractivity contribution in [1.29, 1.82) is 0 Å². The summed E-state index contributed by atoms with van der Waals surface area (Å²) in [5, 5.41) is 33.1. The molecular formula is C31H59N3O8. The van der Waals surface area contributed by atoms with Crippen molar-refractivity contribution in [1.82, 2.24) is 10.2 Å². The normalized spacial score (nSPS) is 9.40. The first-order valence-electron chi connectivity index (χ1n) is 14.7. The number of nitrogens with one attached hydrogen (secondary N) is 1. The third-order valence-corrected chi connectivity index (χ3v) is 5.00. The lowest BCUT2D eigenvalue weighted by Gasteiger charge is -2.22. The molecule has 1 aromatic rings. The van der Waals surface area contributed by atoms with E-state index >= 15 is 0 Å². The minimum Gasteiger partial charge on any atom is -0.481 e. The standard InChI is InChI=1S/C23H43N3.4C2H4O2/c1-2-3-4-5-6-7-8-9-10-14-20-26(21-19-25-18-17-24)22-23-15-12-11-13-16-23;4*1-2(3)4/h11-13,15-16,25H,2-10,14,17-22,24H2,1H3;4*1H3,(H,3,4). The monoisotopic (exact) mass is 601 g/mol. The highest BCUT2D eigenvalue weighted by Crippen LogP contribution is 2.11. The second-order valence-corrected chi connectivity index (χ2v) is 9.56. The first-order valence-corrected chi connectivity index (χ1v) is 14.7. The number of carboxylic acid groups (broad SMARTS) is 4. The summed E-state index contributed by atoms with van der Waals surface area (Å²) in [5.74, 6) is -3.33. The number of nitrogens with two attached hydrogens (primary N) is 1. The zero-order valence-electron chi connectivity index (χ0n) is 26.6. The number of hydrogen-bond acceptors (Lipinski definition) is 7. The Balaban J connectivity index is -0.000000369. The molecule has 0 saturated heterocycles. The number of unbranched alkanes of at least 4 members (excludes halogenated alkanes) is 9. The van der Waals surface area contributed by atoms with E-state index in [1.165, 1.54) is 76.3 Å². The van der Waals surface area contributed by atoms with Gasteiger partial charge < -0.3 is 31.5 Å². The lowest BCUT2D eigenvalue weighted by molar-refractivity contribution is -0.135. The lowest BCUT2D eigenvalue weighted by Crippen LogP contribution is -2.34. The molecule has 0 atom stereocenters. The summed E-state index contributed by atoms with van der Waals surface area (Å²) in [7, 11) is 0. The Hall–Kier alpha value is -3.02. The van der Waals surface area contributed by atoms with Gasteiger partial charge in [0.05, 0.1) is 0 Å². The van der Waals surface area contributed by atoms with Crippen LogP contribution in [0.25, 0.3) is 0 Å². The zero-order valence-corrected chi connectivity index (χ0v) is 26.6. The van der Waals surface area contributed by atoms with Gasteiger partial charge in [0.1, 0.15) is 0 Å². The number of nitrogens with zero attached hydrogens (tertiary/aromatic N) is 1. The molecule has 0 radical (unpaired) electrons. The largest absolute Gasteiger partial charge is 0.481 e. The molecule has 0 spiro atoms. The van der Waals surface area contributed by atoms with E-state index in [1.54, 1.807) is 0 Å². The fourth-order valence-corrected chi connectivity index (χ4v) is 3.40. The molecule has 11 nitrogen and oxygen atoms in total. The van der Waals surface area contributed by atoms with Gasteiger partial charge in [0.15, 0.2) is 0 Å². The topological polar surface area (TPSA) is 190 Å². The Bertz CT molecular complexity index is 685. The molecule has 0 amide bonds. The van der Waals surface area contributed by atoms with Crippen LogP contribution in [-0.4, -0.2) is 81.9 Å². The van der Waals surface area contributed by atoms with Crippen molar-refractivity contribution in [3.05, 3.63) is 35.9 Å². The molecular weight excluding hydrogens is 542 g/mol.